The van der Waals surface area contributed by atoms with Crippen molar-refractivity contribution < 1.29 is 0 Å². The van der Waals surface area contributed by atoms with Gasteiger partial charge in [0.25, 0.3) is 0 Å². The number of anilines is 1. The van der Waals surface area contributed by atoms with Crippen LogP contribution in [0, 0.1) is 0 Å². The van der Waals surface area contributed by atoms with Crippen LogP contribution in [0.5, 0.6) is 0 Å². The Labute approximate surface area is 199 Å². The van der Waals surface area contributed by atoms with E-state index in [1.54, 1.807) is 0 Å². The molecule has 0 saturated carbocycles. The van der Waals surface area contributed by atoms with Crippen molar-refractivity contribution in [3.63, 3.8) is 0 Å². The Bertz CT molecular complexity index is 406. The predicted octanol–water partition coefficient (Wildman–Crippen LogP) is 8.39. The molecule has 0 amide bonds. The summed E-state index contributed by atoms with van der Waals surface area (Å²) in [4.78, 5) is 2.63. The van der Waals surface area contributed by atoms with Crippen LogP contribution in [0.3, 0.4) is 0 Å². The van der Waals surface area contributed by atoms with Crippen LogP contribution in [0.2, 0.25) is 0 Å². The maximum absolute atomic E-state index is 2.63. The molecule has 0 atom stereocenters. The molecule has 0 fully saturated rings. The molecule has 0 unspecified atom stereocenters. The fourth-order valence-corrected chi connectivity index (χ4v) is 3.88. The molecule has 0 saturated heterocycles. The van der Waals surface area contributed by atoms with E-state index in [-0.39, 0.29) is 29.6 Å². The number of para-hydroxylation sites is 1. The van der Waals surface area contributed by atoms with Crippen LogP contribution in [-0.4, -0.2) is 42.6 Å². The third kappa shape index (κ3) is 15.9. The molecule has 1 nitrogen and oxygen atoms in total. The number of benzene rings is 1. The average Bonchev–Trinajstić information content (AvgIpc) is 2.71. The Hall–Kier alpha value is 0.0200. The average molecular weight is 397 g/mol. The summed E-state index contributed by atoms with van der Waals surface area (Å²) >= 11 is 0. The van der Waals surface area contributed by atoms with Gasteiger partial charge in [0.1, 0.15) is 0 Å². The number of nitrogens with zero attached hydrogens (tertiary/aromatic N) is 1. The van der Waals surface area contributed by atoms with Crippen molar-refractivity contribution in [2.24, 2.45) is 0 Å². The standard InChI is InChI=1S/C26H47N.Na/c1-3-5-7-9-11-12-13-14-16-21-25-27(26-22-18-17-19-23-26)24-20-15-10-8-6-4-2;/h17-19,22-23H,3-16,20-21,24-25H2,1-2H3;. The van der Waals surface area contributed by atoms with Crippen molar-refractivity contribution in [3.05, 3.63) is 30.3 Å². The number of hydrogen-bond acceptors (Lipinski definition) is 1. The quantitative estimate of drug-likeness (QED) is 0.168. The molecule has 28 heavy (non-hydrogen) atoms. The van der Waals surface area contributed by atoms with Gasteiger partial charge in [0.15, 0.2) is 0 Å². The molecule has 157 valence electrons. The smallest absolute Gasteiger partial charge is 0.0366 e. The Morgan fingerprint density at radius 1 is 0.500 bits per heavy atom. The molecular formula is C26H47NNa. The fourth-order valence-electron chi connectivity index (χ4n) is 3.88. The number of rotatable bonds is 19. The van der Waals surface area contributed by atoms with Crippen molar-refractivity contribution in [1.29, 1.82) is 0 Å². The first kappa shape index (κ1) is 28.0. The molecule has 1 radical (unpaired) electrons. The molecule has 0 aromatic heterocycles. The van der Waals surface area contributed by atoms with Gasteiger partial charge in [-0.1, -0.05) is 122 Å². The summed E-state index contributed by atoms with van der Waals surface area (Å²) in [6.07, 6.45) is 22.5. The predicted molar refractivity (Wildman–Crippen MR) is 130 cm³/mol. The van der Waals surface area contributed by atoms with E-state index in [2.05, 4.69) is 49.1 Å². The van der Waals surface area contributed by atoms with E-state index < -0.39 is 0 Å². The second-order valence-corrected chi connectivity index (χ2v) is 8.27. The van der Waals surface area contributed by atoms with Crippen LogP contribution >= 0.6 is 0 Å². The second-order valence-electron chi connectivity index (χ2n) is 8.27. The third-order valence-corrected chi connectivity index (χ3v) is 5.68. The van der Waals surface area contributed by atoms with Crippen molar-refractivity contribution in [1.82, 2.24) is 0 Å². The van der Waals surface area contributed by atoms with Crippen LogP contribution in [0.1, 0.15) is 117 Å². The maximum Gasteiger partial charge on any atom is 0.0366 e. The minimum absolute atomic E-state index is 0. The molecule has 0 spiro atoms. The normalized spacial score (nSPS) is 10.6. The second kappa shape index (κ2) is 21.7. The van der Waals surface area contributed by atoms with Gasteiger partial charge in [-0.15, -0.1) is 0 Å². The van der Waals surface area contributed by atoms with Gasteiger partial charge in [-0.2, -0.15) is 0 Å². The van der Waals surface area contributed by atoms with E-state index >= 15 is 0 Å². The molecule has 0 aliphatic rings. The van der Waals surface area contributed by atoms with Crippen molar-refractivity contribution in [3.8, 4) is 0 Å². The van der Waals surface area contributed by atoms with Gasteiger partial charge in [0, 0.05) is 48.3 Å². The molecule has 0 heterocycles. The van der Waals surface area contributed by atoms with Crippen LogP contribution in [0.4, 0.5) is 5.69 Å². The van der Waals surface area contributed by atoms with Crippen LogP contribution in [0.15, 0.2) is 30.3 Å². The minimum Gasteiger partial charge on any atom is -0.372 e. The molecule has 0 N–H and O–H groups in total. The van der Waals surface area contributed by atoms with E-state index in [0.717, 1.165) is 0 Å². The van der Waals surface area contributed by atoms with Gasteiger partial charge in [-0.05, 0) is 25.0 Å². The van der Waals surface area contributed by atoms with E-state index in [1.165, 1.54) is 122 Å². The topological polar surface area (TPSA) is 3.24 Å². The number of hydrogen-bond donors (Lipinski definition) is 0. The van der Waals surface area contributed by atoms with Crippen LogP contribution in [0.25, 0.3) is 0 Å². The Kier molecular flexibility index (Phi) is 21.7. The zero-order valence-corrected chi connectivity index (χ0v) is 21.6. The zero-order chi connectivity index (χ0) is 19.4. The maximum atomic E-state index is 2.63. The minimum atomic E-state index is 0. The largest absolute Gasteiger partial charge is 0.372 e. The summed E-state index contributed by atoms with van der Waals surface area (Å²) in [7, 11) is 0. The monoisotopic (exact) mass is 396 g/mol. The van der Waals surface area contributed by atoms with E-state index in [9.17, 15) is 0 Å². The van der Waals surface area contributed by atoms with Gasteiger partial charge < -0.3 is 4.90 Å². The molecule has 0 aliphatic carbocycles. The van der Waals surface area contributed by atoms with Gasteiger partial charge in [0.05, 0.1) is 0 Å². The van der Waals surface area contributed by atoms with Crippen molar-refractivity contribution in [2.45, 2.75) is 117 Å². The SMILES string of the molecule is CCCCCCCCCCCCN(CCCCCCCC)c1ccccc1.[Na]. The summed E-state index contributed by atoms with van der Waals surface area (Å²) in [5.41, 5.74) is 1.42. The molecule has 0 bridgehead atoms. The van der Waals surface area contributed by atoms with E-state index in [4.69, 9.17) is 0 Å². The summed E-state index contributed by atoms with van der Waals surface area (Å²) < 4.78 is 0. The van der Waals surface area contributed by atoms with Crippen LogP contribution in [-0.2, 0) is 0 Å². The van der Waals surface area contributed by atoms with E-state index in [0.29, 0.717) is 0 Å². The Morgan fingerprint density at radius 3 is 1.25 bits per heavy atom. The molecule has 1 rings (SSSR count). The van der Waals surface area contributed by atoms with Gasteiger partial charge in [-0.3, -0.25) is 0 Å². The Morgan fingerprint density at radius 2 is 0.857 bits per heavy atom. The van der Waals surface area contributed by atoms with Gasteiger partial charge in [0.2, 0.25) is 0 Å². The first-order chi connectivity index (χ1) is 13.4. The summed E-state index contributed by atoms with van der Waals surface area (Å²) in [6.45, 7) is 7.05. The van der Waals surface area contributed by atoms with Crippen LogP contribution < -0.4 is 4.90 Å². The number of unbranched alkanes of at least 4 members (excludes halogenated alkanes) is 14. The molecule has 0 aliphatic heterocycles. The molecular weight excluding hydrogens is 349 g/mol. The van der Waals surface area contributed by atoms with Crippen molar-refractivity contribution >= 4 is 35.2 Å². The molecule has 1 aromatic carbocycles. The zero-order valence-electron chi connectivity index (χ0n) is 19.6. The molecule has 2 heteroatoms. The summed E-state index contributed by atoms with van der Waals surface area (Å²) in [6, 6.07) is 11.1. The molecule has 1 aromatic rings. The summed E-state index contributed by atoms with van der Waals surface area (Å²) in [5.74, 6) is 0. The first-order valence-corrected chi connectivity index (χ1v) is 12.2. The third-order valence-electron chi connectivity index (χ3n) is 5.68. The van der Waals surface area contributed by atoms with Crippen molar-refractivity contribution in [2.75, 3.05) is 18.0 Å². The summed E-state index contributed by atoms with van der Waals surface area (Å²) in [5, 5.41) is 0. The Balaban J connectivity index is 0.00000729. The van der Waals surface area contributed by atoms with E-state index in [1.807, 2.05) is 0 Å². The van der Waals surface area contributed by atoms with Gasteiger partial charge in [-0.25, -0.2) is 0 Å². The van der Waals surface area contributed by atoms with Gasteiger partial charge >= 0.3 is 0 Å². The fraction of sp³-hybridized carbons (Fsp3) is 0.769. The first-order valence-electron chi connectivity index (χ1n) is 12.2.